The van der Waals surface area contributed by atoms with Gasteiger partial charge in [-0.1, -0.05) is 12.1 Å². The monoisotopic (exact) mass is 401 g/mol. The number of hydrogen-bond donors (Lipinski definition) is 1. The fraction of sp³-hybridized carbons (Fsp3) is 0.611. The number of amides is 1. The van der Waals surface area contributed by atoms with Gasteiger partial charge in [-0.2, -0.15) is 0 Å². The van der Waals surface area contributed by atoms with Crippen LogP contribution in [0.3, 0.4) is 0 Å². The lowest BCUT2D eigenvalue weighted by Gasteiger charge is -2.35. The highest BCUT2D eigenvalue weighted by Gasteiger charge is 2.25. The highest BCUT2D eigenvalue weighted by atomic mass is 32.2. The van der Waals surface area contributed by atoms with Gasteiger partial charge in [0, 0.05) is 39.3 Å². The lowest BCUT2D eigenvalue weighted by atomic mass is 10.2. The van der Waals surface area contributed by atoms with Crippen LogP contribution < -0.4 is 4.72 Å². The molecule has 1 N–H and O–H groups in total. The van der Waals surface area contributed by atoms with E-state index in [1.165, 1.54) is 24.3 Å². The average molecular weight is 402 g/mol. The SMILES string of the molecule is CC(C)(C)OC(=O)N1CCN(CCNS(=O)(=O)Cc2ccc(F)cc2)CC1. The summed E-state index contributed by atoms with van der Waals surface area (Å²) in [6.45, 7) is 8.78. The molecule has 1 heterocycles. The molecule has 2 rings (SSSR count). The third-order valence-electron chi connectivity index (χ3n) is 4.04. The molecule has 0 spiro atoms. The van der Waals surface area contributed by atoms with Crippen LogP contribution in [-0.2, 0) is 20.5 Å². The van der Waals surface area contributed by atoms with E-state index >= 15 is 0 Å². The molecule has 152 valence electrons. The minimum Gasteiger partial charge on any atom is -0.444 e. The molecule has 0 bridgehead atoms. The lowest BCUT2D eigenvalue weighted by Crippen LogP contribution is -2.51. The van der Waals surface area contributed by atoms with Crippen molar-refractivity contribution >= 4 is 16.1 Å². The number of benzene rings is 1. The van der Waals surface area contributed by atoms with Crippen LogP contribution in [-0.4, -0.2) is 69.2 Å². The average Bonchev–Trinajstić information content (AvgIpc) is 2.55. The van der Waals surface area contributed by atoms with Gasteiger partial charge in [0.1, 0.15) is 11.4 Å². The van der Waals surface area contributed by atoms with E-state index in [4.69, 9.17) is 4.74 Å². The number of sulfonamides is 1. The van der Waals surface area contributed by atoms with Crippen LogP contribution in [0.2, 0.25) is 0 Å². The Morgan fingerprint density at radius 2 is 1.74 bits per heavy atom. The Morgan fingerprint density at radius 3 is 2.30 bits per heavy atom. The normalized spacial score (nSPS) is 16.4. The fourth-order valence-corrected chi connectivity index (χ4v) is 3.83. The van der Waals surface area contributed by atoms with Crippen molar-refractivity contribution in [3.63, 3.8) is 0 Å². The number of piperazine rings is 1. The molecule has 0 aromatic heterocycles. The number of nitrogens with zero attached hydrogens (tertiary/aromatic N) is 2. The molecule has 1 aromatic carbocycles. The van der Waals surface area contributed by atoms with Crippen molar-refractivity contribution in [2.24, 2.45) is 0 Å². The first kappa shape index (κ1) is 21.6. The summed E-state index contributed by atoms with van der Waals surface area (Å²) in [5, 5.41) is 0. The summed E-state index contributed by atoms with van der Waals surface area (Å²) in [5.41, 5.74) is 0.0201. The summed E-state index contributed by atoms with van der Waals surface area (Å²) in [7, 11) is -3.48. The van der Waals surface area contributed by atoms with Crippen molar-refractivity contribution in [1.82, 2.24) is 14.5 Å². The first-order chi connectivity index (χ1) is 12.5. The van der Waals surface area contributed by atoms with Gasteiger partial charge < -0.3 is 9.64 Å². The van der Waals surface area contributed by atoms with E-state index in [2.05, 4.69) is 9.62 Å². The Hall–Kier alpha value is -1.71. The van der Waals surface area contributed by atoms with Crippen LogP contribution in [0.1, 0.15) is 26.3 Å². The predicted octanol–water partition coefficient (Wildman–Crippen LogP) is 1.80. The lowest BCUT2D eigenvalue weighted by molar-refractivity contribution is 0.0147. The molecule has 0 radical (unpaired) electrons. The molecule has 1 aliphatic heterocycles. The van der Waals surface area contributed by atoms with Gasteiger partial charge in [0.25, 0.3) is 0 Å². The number of carbonyl (C=O) groups excluding carboxylic acids is 1. The van der Waals surface area contributed by atoms with Crippen molar-refractivity contribution in [3.05, 3.63) is 35.6 Å². The Kier molecular flexibility index (Phi) is 7.19. The molecular weight excluding hydrogens is 373 g/mol. The van der Waals surface area contributed by atoms with E-state index in [0.29, 0.717) is 38.3 Å². The molecule has 0 aliphatic carbocycles. The Bertz CT molecular complexity index is 724. The molecule has 0 saturated carbocycles. The highest BCUT2D eigenvalue weighted by Crippen LogP contribution is 2.12. The minimum absolute atomic E-state index is 0.181. The molecule has 7 nitrogen and oxygen atoms in total. The van der Waals surface area contributed by atoms with Crippen molar-refractivity contribution in [1.29, 1.82) is 0 Å². The zero-order valence-corrected chi connectivity index (χ0v) is 16.9. The second-order valence-electron chi connectivity index (χ2n) is 7.59. The maximum absolute atomic E-state index is 12.9. The van der Waals surface area contributed by atoms with Gasteiger partial charge in [0.05, 0.1) is 5.75 Å². The summed E-state index contributed by atoms with van der Waals surface area (Å²) in [6.07, 6.45) is -0.317. The van der Waals surface area contributed by atoms with E-state index in [-0.39, 0.29) is 18.4 Å². The van der Waals surface area contributed by atoms with Crippen LogP contribution in [0.25, 0.3) is 0 Å². The van der Waals surface area contributed by atoms with E-state index in [1.807, 2.05) is 20.8 Å². The maximum Gasteiger partial charge on any atom is 0.410 e. The van der Waals surface area contributed by atoms with Crippen LogP contribution in [0.15, 0.2) is 24.3 Å². The van der Waals surface area contributed by atoms with Crippen molar-refractivity contribution in [2.75, 3.05) is 39.3 Å². The smallest absolute Gasteiger partial charge is 0.410 e. The highest BCUT2D eigenvalue weighted by molar-refractivity contribution is 7.88. The second-order valence-corrected chi connectivity index (χ2v) is 9.40. The zero-order valence-electron chi connectivity index (χ0n) is 16.1. The summed E-state index contributed by atoms with van der Waals surface area (Å²) in [5.74, 6) is -0.575. The molecule has 1 saturated heterocycles. The van der Waals surface area contributed by atoms with Gasteiger partial charge in [0.2, 0.25) is 10.0 Å². The molecule has 0 atom stereocenters. The van der Waals surface area contributed by atoms with Gasteiger partial charge in [-0.05, 0) is 38.5 Å². The Balaban J connectivity index is 1.70. The molecule has 27 heavy (non-hydrogen) atoms. The van der Waals surface area contributed by atoms with Crippen LogP contribution >= 0.6 is 0 Å². The van der Waals surface area contributed by atoms with Crippen LogP contribution in [0.4, 0.5) is 9.18 Å². The van der Waals surface area contributed by atoms with Gasteiger partial charge in [-0.3, -0.25) is 4.90 Å². The molecule has 1 amide bonds. The maximum atomic E-state index is 12.9. The topological polar surface area (TPSA) is 79.0 Å². The Labute approximate surface area is 160 Å². The number of ether oxygens (including phenoxy) is 1. The van der Waals surface area contributed by atoms with Crippen LogP contribution in [0, 0.1) is 5.82 Å². The van der Waals surface area contributed by atoms with Gasteiger partial charge in [0.15, 0.2) is 0 Å². The fourth-order valence-electron chi connectivity index (χ4n) is 2.69. The summed E-state index contributed by atoms with van der Waals surface area (Å²) in [4.78, 5) is 15.8. The summed E-state index contributed by atoms with van der Waals surface area (Å²) < 4.78 is 45.0. The summed E-state index contributed by atoms with van der Waals surface area (Å²) in [6, 6.07) is 5.42. The number of hydrogen-bond acceptors (Lipinski definition) is 5. The number of carbonyl (C=O) groups is 1. The van der Waals surface area contributed by atoms with Gasteiger partial charge in [-0.15, -0.1) is 0 Å². The molecule has 0 unspecified atom stereocenters. The number of halogens is 1. The molecule has 1 fully saturated rings. The second kappa shape index (κ2) is 8.99. The number of rotatable bonds is 6. The molecule has 1 aromatic rings. The van der Waals surface area contributed by atoms with E-state index in [9.17, 15) is 17.6 Å². The van der Waals surface area contributed by atoms with E-state index in [0.717, 1.165) is 0 Å². The van der Waals surface area contributed by atoms with Crippen molar-refractivity contribution < 1.29 is 22.3 Å². The third-order valence-corrected chi connectivity index (χ3v) is 5.40. The largest absolute Gasteiger partial charge is 0.444 e. The minimum atomic E-state index is -3.48. The molecular formula is C18H28FN3O4S. The van der Waals surface area contributed by atoms with Crippen LogP contribution in [0.5, 0.6) is 0 Å². The number of nitrogens with one attached hydrogen (secondary N) is 1. The van der Waals surface area contributed by atoms with Gasteiger partial charge >= 0.3 is 6.09 Å². The standard InChI is InChI=1S/C18H28FN3O4S/c1-18(2,3)26-17(23)22-12-10-21(11-13-22)9-8-20-27(24,25)14-15-4-6-16(19)7-5-15/h4-7,20H,8-14H2,1-3H3. The third kappa shape index (κ3) is 7.82. The van der Waals surface area contributed by atoms with Crippen molar-refractivity contribution in [2.45, 2.75) is 32.1 Å². The predicted molar refractivity (Wildman–Crippen MR) is 101 cm³/mol. The van der Waals surface area contributed by atoms with Gasteiger partial charge in [-0.25, -0.2) is 22.3 Å². The van der Waals surface area contributed by atoms with Crippen molar-refractivity contribution in [3.8, 4) is 0 Å². The quantitative estimate of drug-likeness (QED) is 0.786. The summed E-state index contributed by atoms with van der Waals surface area (Å²) >= 11 is 0. The van der Waals surface area contributed by atoms with E-state index in [1.54, 1.807) is 4.90 Å². The first-order valence-electron chi connectivity index (χ1n) is 8.96. The molecule has 9 heteroatoms. The van der Waals surface area contributed by atoms with E-state index < -0.39 is 21.4 Å². The first-order valence-corrected chi connectivity index (χ1v) is 10.6. The molecule has 1 aliphatic rings. The Morgan fingerprint density at radius 1 is 1.15 bits per heavy atom. The zero-order chi connectivity index (χ0) is 20.1.